The van der Waals surface area contributed by atoms with Crippen LogP contribution in [-0.2, 0) is 6.54 Å². The average Bonchev–Trinajstić information content (AvgIpc) is 3.02. The van der Waals surface area contributed by atoms with Crippen molar-refractivity contribution >= 4 is 28.0 Å². The van der Waals surface area contributed by atoms with Crippen LogP contribution >= 0.6 is 0 Å². The van der Waals surface area contributed by atoms with Gasteiger partial charge in [-0.15, -0.1) is 0 Å². The van der Waals surface area contributed by atoms with Crippen LogP contribution in [0.4, 0.5) is 11.4 Å². The summed E-state index contributed by atoms with van der Waals surface area (Å²) < 4.78 is 0. The predicted molar refractivity (Wildman–Crippen MR) is 110 cm³/mol. The highest BCUT2D eigenvalue weighted by Gasteiger charge is 2.18. The number of nitrogens with one attached hydrogen (secondary N) is 1. The first-order valence-corrected chi connectivity index (χ1v) is 8.69. The molecule has 0 radical (unpaired) electrons. The summed E-state index contributed by atoms with van der Waals surface area (Å²) in [6.07, 6.45) is 0. The van der Waals surface area contributed by atoms with Crippen LogP contribution in [0.5, 0.6) is 5.88 Å². The number of hydrogen-bond acceptors (Lipinski definition) is 4. The molecule has 1 aromatic heterocycles. The molecule has 6 N–H and O–H groups in total. The lowest BCUT2D eigenvalue weighted by Crippen LogP contribution is -2.03. The number of H-pyrrole nitrogens is 1. The lowest BCUT2D eigenvalue weighted by molar-refractivity contribution is 0.457. The van der Waals surface area contributed by atoms with E-state index in [1.165, 1.54) is 0 Å². The van der Waals surface area contributed by atoms with E-state index in [4.69, 9.17) is 16.5 Å². The molecule has 0 fully saturated rings. The summed E-state index contributed by atoms with van der Waals surface area (Å²) >= 11 is 0. The predicted octanol–water partition coefficient (Wildman–Crippen LogP) is 4.08. The summed E-state index contributed by atoms with van der Waals surface area (Å²) in [6, 6.07) is 23.0. The highest BCUT2D eigenvalue weighted by molar-refractivity contribution is 6.22. The van der Waals surface area contributed by atoms with Crippen molar-refractivity contribution in [3.8, 4) is 5.88 Å². The smallest absolute Gasteiger partial charge is 0.199 e. The molecule has 0 aliphatic heterocycles. The largest absolute Gasteiger partial charge is 0.494 e. The number of anilines is 1. The van der Waals surface area contributed by atoms with Crippen molar-refractivity contribution in [2.45, 2.75) is 6.54 Å². The van der Waals surface area contributed by atoms with Crippen LogP contribution in [0, 0.1) is 0 Å². The van der Waals surface area contributed by atoms with E-state index in [9.17, 15) is 5.11 Å². The average molecular weight is 356 g/mol. The van der Waals surface area contributed by atoms with Gasteiger partial charge in [0.1, 0.15) is 0 Å². The highest BCUT2D eigenvalue weighted by Crippen LogP contribution is 2.32. The Morgan fingerprint density at radius 2 is 1.70 bits per heavy atom. The summed E-state index contributed by atoms with van der Waals surface area (Å²) in [5, 5.41) is 11.5. The van der Waals surface area contributed by atoms with Gasteiger partial charge >= 0.3 is 0 Å². The van der Waals surface area contributed by atoms with Crippen molar-refractivity contribution < 1.29 is 5.11 Å². The Morgan fingerprint density at radius 3 is 2.41 bits per heavy atom. The van der Waals surface area contributed by atoms with Crippen LogP contribution < -0.4 is 11.5 Å². The third-order valence-corrected chi connectivity index (χ3v) is 4.50. The second kappa shape index (κ2) is 6.97. The van der Waals surface area contributed by atoms with Crippen molar-refractivity contribution in [1.82, 2.24) is 4.98 Å². The molecule has 4 aromatic rings. The number of hydrogen-bond donors (Lipinski definition) is 4. The quantitative estimate of drug-likeness (QED) is 0.327. The van der Waals surface area contributed by atoms with E-state index >= 15 is 0 Å². The maximum atomic E-state index is 10.6. The molecular formula is C22H20N4O. The van der Waals surface area contributed by atoms with Crippen molar-refractivity contribution in [3.05, 3.63) is 89.5 Å². The fraction of sp³-hybridized carbons (Fsp3) is 0.0455. The number of benzene rings is 3. The third-order valence-electron chi connectivity index (χ3n) is 4.50. The van der Waals surface area contributed by atoms with Gasteiger partial charge in [-0.05, 0) is 35.9 Å². The van der Waals surface area contributed by atoms with E-state index in [0.717, 1.165) is 27.7 Å². The Bertz CT molecular complexity index is 1110. The lowest BCUT2D eigenvalue weighted by Gasteiger charge is -2.08. The van der Waals surface area contributed by atoms with E-state index in [2.05, 4.69) is 4.98 Å². The van der Waals surface area contributed by atoms with Gasteiger partial charge in [0.05, 0.1) is 17.0 Å². The van der Waals surface area contributed by atoms with Gasteiger partial charge in [-0.1, -0.05) is 42.5 Å². The standard InChI is InChI=1S/C22H20N4O/c23-13-14-6-9-17(10-7-14)25-21(15-4-2-1-3-5-15)20-18-12-16(24)8-11-19(18)26-22(20)27/h1-12,26-27H,13,23-24H2. The minimum absolute atomic E-state index is 0.0665. The first-order valence-electron chi connectivity index (χ1n) is 8.69. The Labute approximate surface area is 157 Å². The molecule has 0 amide bonds. The molecule has 0 saturated heterocycles. The molecule has 5 heteroatoms. The van der Waals surface area contributed by atoms with Gasteiger partial charge in [-0.3, -0.25) is 0 Å². The Balaban J connectivity index is 1.95. The second-order valence-electron chi connectivity index (χ2n) is 6.35. The number of rotatable bonds is 4. The molecule has 27 heavy (non-hydrogen) atoms. The number of aliphatic imine (C=N–C) groups is 1. The molecule has 0 saturated carbocycles. The first-order chi connectivity index (χ1) is 13.2. The van der Waals surface area contributed by atoms with E-state index in [0.29, 0.717) is 23.5 Å². The molecule has 4 rings (SSSR count). The number of aromatic amines is 1. The molecule has 0 aliphatic rings. The summed E-state index contributed by atoms with van der Waals surface area (Å²) in [5.74, 6) is 0.0665. The third kappa shape index (κ3) is 3.28. The number of aromatic hydroxyl groups is 1. The topological polar surface area (TPSA) is 100 Å². The molecule has 1 heterocycles. The number of nitrogens with two attached hydrogens (primary N) is 2. The van der Waals surface area contributed by atoms with Crippen LogP contribution in [0.3, 0.4) is 0 Å². The lowest BCUT2D eigenvalue weighted by atomic mass is 10.0. The van der Waals surface area contributed by atoms with Gasteiger partial charge in [-0.2, -0.15) is 0 Å². The van der Waals surface area contributed by atoms with Gasteiger partial charge in [0.2, 0.25) is 0 Å². The molecule has 3 aromatic carbocycles. The van der Waals surface area contributed by atoms with Gasteiger partial charge in [-0.25, -0.2) is 4.99 Å². The zero-order valence-electron chi connectivity index (χ0n) is 14.7. The SMILES string of the molecule is NCc1ccc(N=C(c2ccccc2)c2c(O)[nH]c3ccc(N)cc23)cc1. The van der Waals surface area contributed by atoms with Crippen LogP contribution in [0.1, 0.15) is 16.7 Å². The molecule has 0 aliphatic carbocycles. The number of aromatic nitrogens is 1. The summed E-state index contributed by atoms with van der Waals surface area (Å²) in [6.45, 7) is 0.484. The van der Waals surface area contributed by atoms with Gasteiger partial charge in [0, 0.05) is 28.7 Å². The van der Waals surface area contributed by atoms with E-state index in [1.54, 1.807) is 6.07 Å². The normalized spacial score (nSPS) is 11.8. The zero-order valence-corrected chi connectivity index (χ0v) is 14.7. The van der Waals surface area contributed by atoms with Crippen molar-refractivity contribution in [1.29, 1.82) is 0 Å². The molecule has 5 nitrogen and oxygen atoms in total. The molecular weight excluding hydrogens is 336 g/mol. The summed E-state index contributed by atoms with van der Waals surface area (Å²) in [7, 11) is 0. The van der Waals surface area contributed by atoms with Crippen LogP contribution in [0.15, 0.2) is 77.8 Å². The number of fused-ring (bicyclic) bond motifs is 1. The maximum absolute atomic E-state index is 10.6. The van der Waals surface area contributed by atoms with Gasteiger partial charge < -0.3 is 21.6 Å². The van der Waals surface area contributed by atoms with Crippen molar-refractivity contribution in [3.63, 3.8) is 0 Å². The van der Waals surface area contributed by atoms with Crippen molar-refractivity contribution in [2.24, 2.45) is 10.7 Å². The second-order valence-corrected chi connectivity index (χ2v) is 6.35. The van der Waals surface area contributed by atoms with Gasteiger partial charge in [0.15, 0.2) is 5.88 Å². The Hall–Kier alpha value is -3.57. The molecule has 0 atom stereocenters. The minimum atomic E-state index is 0.0665. The minimum Gasteiger partial charge on any atom is -0.494 e. The zero-order chi connectivity index (χ0) is 18.8. The van der Waals surface area contributed by atoms with Crippen LogP contribution in [0.2, 0.25) is 0 Å². The summed E-state index contributed by atoms with van der Waals surface area (Å²) in [5.41, 5.74) is 17.1. The molecule has 0 spiro atoms. The van der Waals surface area contributed by atoms with Gasteiger partial charge in [0.25, 0.3) is 0 Å². The molecule has 134 valence electrons. The van der Waals surface area contributed by atoms with Crippen molar-refractivity contribution in [2.75, 3.05) is 5.73 Å². The van der Waals surface area contributed by atoms with E-state index in [-0.39, 0.29) is 5.88 Å². The number of nitrogen functional groups attached to an aromatic ring is 1. The molecule has 0 unspecified atom stereocenters. The summed E-state index contributed by atoms with van der Waals surface area (Å²) in [4.78, 5) is 7.85. The monoisotopic (exact) mass is 356 g/mol. The van der Waals surface area contributed by atoms with E-state index < -0.39 is 0 Å². The van der Waals surface area contributed by atoms with Crippen LogP contribution in [-0.4, -0.2) is 15.8 Å². The van der Waals surface area contributed by atoms with Crippen LogP contribution in [0.25, 0.3) is 10.9 Å². The number of nitrogens with zero attached hydrogens (tertiary/aromatic N) is 1. The first kappa shape index (κ1) is 16.9. The fourth-order valence-corrected chi connectivity index (χ4v) is 3.13. The van der Waals surface area contributed by atoms with E-state index in [1.807, 2.05) is 66.7 Å². The fourth-order valence-electron chi connectivity index (χ4n) is 3.13. The highest BCUT2D eigenvalue weighted by atomic mass is 16.3. The maximum Gasteiger partial charge on any atom is 0.199 e. The Kier molecular flexibility index (Phi) is 4.36. The Morgan fingerprint density at radius 1 is 0.963 bits per heavy atom. The molecule has 0 bridgehead atoms.